The second-order valence-electron chi connectivity index (χ2n) is 8.98. The number of nitrogens with zero attached hydrogens (tertiary/aromatic N) is 9. The molecule has 0 saturated heterocycles. The van der Waals surface area contributed by atoms with Crippen LogP contribution in [-0.2, 0) is 4.74 Å². The molecule has 1 fully saturated rings. The number of aromatic nitrogens is 8. The Kier molecular flexibility index (Phi) is 8.09. The van der Waals surface area contributed by atoms with Crippen LogP contribution in [0.3, 0.4) is 0 Å². The van der Waals surface area contributed by atoms with Crippen molar-refractivity contribution in [1.29, 1.82) is 5.26 Å². The summed E-state index contributed by atoms with van der Waals surface area (Å²) in [6, 6.07) is 2.11. The summed E-state index contributed by atoms with van der Waals surface area (Å²) in [6.07, 6.45) is 10.5. The summed E-state index contributed by atoms with van der Waals surface area (Å²) in [6.45, 7) is 1.96. The zero-order valence-electron chi connectivity index (χ0n) is 22.3. The number of amides is 1. The number of aromatic hydroxyl groups is 1. The summed E-state index contributed by atoms with van der Waals surface area (Å²) in [5, 5.41) is 25.9. The van der Waals surface area contributed by atoms with E-state index in [0.717, 1.165) is 0 Å². The topological polar surface area (TPSA) is 198 Å². The van der Waals surface area contributed by atoms with Gasteiger partial charge in [0.1, 0.15) is 17.9 Å². The van der Waals surface area contributed by atoms with Crippen molar-refractivity contribution in [2.45, 2.75) is 44.8 Å². The summed E-state index contributed by atoms with van der Waals surface area (Å²) in [4.78, 5) is 40.1. The van der Waals surface area contributed by atoms with E-state index in [1.165, 1.54) is 30.6 Å². The predicted octanol–water partition coefficient (Wildman–Crippen LogP) is 3.05. The molecule has 4 heterocycles. The fraction of sp³-hybridized carbons (Fsp3) is 0.346. The van der Waals surface area contributed by atoms with E-state index in [1.54, 1.807) is 25.5 Å². The molecule has 5 rings (SSSR count). The third kappa shape index (κ3) is 5.96. The van der Waals surface area contributed by atoms with Gasteiger partial charge < -0.3 is 19.3 Å². The van der Waals surface area contributed by atoms with Gasteiger partial charge in [0.2, 0.25) is 0 Å². The van der Waals surface area contributed by atoms with Crippen LogP contribution in [0.15, 0.2) is 37.2 Å². The molecule has 4 aromatic rings. The van der Waals surface area contributed by atoms with Gasteiger partial charge in [0.15, 0.2) is 17.3 Å². The summed E-state index contributed by atoms with van der Waals surface area (Å²) < 4.78 is 16.3. The van der Waals surface area contributed by atoms with Gasteiger partial charge in [0.05, 0.1) is 49.8 Å². The highest BCUT2D eigenvalue weighted by Crippen LogP contribution is 2.31. The average Bonchev–Trinajstić information content (AvgIpc) is 3.44. The van der Waals surface area contributed by atoms with Crippen LogP contribution in [0.5, 0.6) is 17.8 Å². The number of nitriles is 1. The van der Waals surface area contributed by atoms with Gasteiger partial charge in [0.25, 0.3) is 0 Å². The second kappa shape index (κ2) is 12.2. The Morgan fingerprint density at radius 2 is 1.80 bits per heavy atom. The van der Waals surface area contributed by atoms with E-state index < -0.39 is 6.09 Å². The number of aromatic amines is 1. The van der Waals surface area contributed by atoms with Crippen LogP contribution in [0.4, 0.5) is 10.6 Å². The summed E-state index contributed by atoms with van der Waals surface area (Å²) in [5.41, 5.74) is 1.65. The maximum absolute atomic E-state index is 13.0. The third-order valence-corrected chi connectivity index (χ3v) is 6.47. The number of carbonyl (C=O) groups excluding carboxylic acids is 1. The van der Waals surface area contributed by atoms with Crippen LogP contribution in [-0.4, -0.2) is 77.2 Å². The van der Waals surface area contributed by atoms with Crippen molar-refractivity contribution >= 4 is 11.9 Å². The third-order valence-electron chi connectivity index (χ3n) is 6.47. The number of hydrogen-bond donors (Lipinski definition) is 2. The predicted molar refractivity (Wildman–Crippen MR) is 142 cm³/mol. The molecule has 1 amide bonds. The van der Waals surface area contributed by atoms with Crippen molar-refractivity contribution in [2.75, 3.05) is 18.6 Å². The molecule has 0 bridgehead atoms. The lowest BCUT2D eigenvalue weighted by Gasteiger charge is -2.35. The minimum atomic E-state index is -0.509. The molecule has 0 radical (unpaired) electrons. The van der Waals surface area contributed by atoms with Gasteiger partial charge in [-0.1, -0.05) is 0 Å². The number of rotatable bonds is 8. The molecule has 210 valence electrons. The summed E-state index contributed by atoms with van der Waals surface area (Å²) >= 11 is 0. The normalized spacial score (nSPS) is 16.4. The van der Waals surface area contributed by atoms with Crippen LogP contribution in [0.25, 0.3) is 22.6 Å². The Hall–Kier alpha value is -5.39. The standard InChI is InChI=1S/C26H26N10O5/c1-3-40-26(38)36(21-14-28-19(12-29-21)16-10-30-24(39-2)31-11-16)17-4-6-18(7-5-17)41-25-32-9-15(8-27)22(34-25)23-20(37)13-33-35-23/h9-14,17-18,37H,3-7H2,1-2H3,(H,33,35)/t17-,18-. The lowest BCUT2D eigenvalue weighted by Crippen LogP contribution is -2.44. The van der Waals surface area contributed by atoms with Crippen LogP contribution in [0.1, 0.15) is 38.2 Å². The molecule has 15 nitrogen and oxygen atoms in total. The number of hydrogen-bond acceptors (Lipinski definition) is 13. The zero-order chi connectivity index (χ0) is 28.8. The largest absolute Gasteiger partial charge is 0.504 e. The number of methoxy groups -OCH3 is 1. The van der Waals surface area contributed by atoms with Gasteiger partial charge in [-0.15, -0.1) is 0 Å². The Labute approximate surface area is 234 Å². The number of ether oxygens (including phenoxy) is 3. The first-order chi connectivity index (χ1) is 20.0. The molecular weight excluding hydrogens is 532 g/mol. The van der Waals surface area contributed by atoms with E-state index in [0.29, 0.717) is 42.8 Å². The lowest BCUT2D eigenvalue weighted by atomic mass is 9.92. The smallest absolute Gasteiger partial charge is 0.415 e. The van der Waals surface area contributed by atoms with E-state index in [9.17, 15) is 15.2 Å². The maximum Gasteiger partial charge on any atom is 0.415 e. The van der Waals surface area contributed by atoms with Crippen molar-refractivity contribution in [2.24, 2.45) is 0 Å². The van der Waals surface area contributed by atoms with Crippen molar-refractivity contribution in [3.8, 4) is 46.5 Å². The molecule has 0 aliphatic heterocycles. The first kappa shape index (κ1) is 27.2. The molecule has 1 saturated carbocycles. The molecule has 0 aromatic carbocycles. The Morgan fingerprint density at radius 1 is 1.05 bits per heavy atom. The molecule has 1 aliphatic rings. The van der Waals surface area contributed by atoms with Crippen LogP contribution in [0, 0.1) is 11.3 Å². The molecule has 0 unspecified atom stereocenters. The summed E-state index contributed by atoms with van der Waals surface area (Å²) in [7, 11) is 1.48. The highest BCUT2D eigenvalue weighted by atomic mass is 16.6. The average molecular weight is 559 g/mol. The van der Waals surface area contributed by atoms with Crippen molar-refractivity contribution in [3.63, 3.8) is 0 Å². The van der Waals surface area contributed by atoms with Gasteiger partial charge in [-0.2, -0.15) is 15.3 Å². The maximum atomic E-state index is 13.0. The van der Waals surface area contributed by atoms with Crippen molar-refractivity contribution in [3.05, 3.63) is 42.7 Å². The summed E-state index contributed by atoms with van der Waals surface area (Å²) in [5.74, 6) is 0.226. The minimum absolute atomic E-state index is 0.0658. The van der Waals surface area contributed by atoms with Gasteiger partial charge in [-0.05, 0) is 32.6 Å². The zero-order valence-corrected chi connectivity index (χ0v) is 22.3. The van der Waals surface area contributed by atoms with Crippen LogP contribution >= 0.6 is 0 Å². The molecule has 2 N–H and O–H groups in total. The van der Waals surface area contributed by atoms with E-state index in [4.69, 9.17) is 14.2 Å². The van der Waals surface area contributed by atoms with Gasteiger partial charge in [-0.3, -0.25) is 15.0 Å². The number of H-pyrrole nitrogens is 1. The van der Waals surface area contributed by atoms with E-state index >= 15 is 0 Å². The van der Waals surface area contributed by atoms with Crippen molar-refractivity contribution < 1.29 is 24.1 Å². The van der Waals surface area contributed by atoms with E-state index in [-0.39, 0.29) is 53.5 Å². The van der Waals surface area contributed by atoms with Crippen LogP contribution in [0.2, 0.25) is 0 Å². The number of carbonyl (C=O) groups is 1. The minimum Gasteiger partial charge on any atom is -0.504 e. The van der Waals surface area contributed by atoms with Crippen molar-refractivity contribution in [1.82, 2.24) is 40.1 Å². The molecule has 1 aliphatic carbocycles. The molecule has 15 heteroatoms. The van der Waals surface area contributed by atoms with Gasteiger partial charge >= 0.3 is 18.1 Å². The molecule has 41 heavy (non-hydrogen) atoms. The highest BCUT2D eigenvalue weighted by molar-refractivity contribution is 5.87. The SMILES string of the molecule is CCOC(=O)N(c1cnc(-c2cnc(OC)nc2)cn1)[C@H]1CC[C@H](Oc2ncc(C#N)c(-c3n[nH]cc3O)n2)CC1. The quantitative estimate of drug-likeness (QED) is 0.320. The van der Waals surface area contributed by atoms with Gasteiger partial charge in [-0.25, -0.2) is 24.7 Å². The molecule has 4 aromatic heterocycles. The van der Waals surface area contributed by atoms with E-state index in [1.807, 2.05) is 6.07 Å². The fourth-order valence-electron chi connectivity index (χ4n) is 4.48. The molecular formula is C26H26N10O5. The number of anilines is 1. The molecule has 0 atom stereocenters. The first-order valence-corrected chi connectivity index (χ1v) is 12.8. The Balaban J connectivity index is 1.28. The number of nitrogens with one attached hydrogen (secondary N) is 1. The Bertz CT molecular complexity index is 1530. The first-order valence-electron chi connectivity index (χ1n) is 12.8. The lowest BCUT2D eigenvalue weighted by molar-refractivity contribution is 0.125. The highest BCUT2D eigenvalue weighted by Gasteiger charge is 2.33. The monoisotopic (exact) mass is 558 g/mol. The second-order valence-corrected chi connectivity index (χ2v) is 8.98. The van der Waals surface area contributed by atoms with Crippen LogP contribution < -0.4 is 14.4 Å². The van der Waals surface area contributed by atoms with Gasteiger partial charge in [0, 0.05) is 24.0 Å². The Morgan fingerprint density at radius 3 is 2.41 bits per heavy atom. The fourth-order valence-corrected chi connectivity index (χ4v) is 4.48. The van der Waals surface area contributed by atoms with E-state index in [2.05, 4.69) is 40.1 Å². The molecule has 0 spiro atoms.